The van der Waals surface area contributed by atoms with Crippen LogP contribution in [0, 0.1) is 19.8 Å². The number of rotatable bonds is 6. The lowest BCUT2D eigenvalue weighted by Crippen LogP contribution is -2.04. The minimum Gasteiger partial charge on any atom is -0.494 e. The minimum absolute atomic E-state index is 0.727. The summed E-state index contributed by atoms with van der Waals surface area (Å²) in [5.74, 6) is 1.73. The van der Waals surface area contributed by atoms with E-state index < -0.39 is 0 Å². The summed E-state index contributed by atoms with van der Waals surface area (Å²) in [5.41, 5.74) is 2.53. The number of hydrogen-bond acceptors (Lipinski definition) is 1. The van der Waals surface area contributed by atoms with Crippen molar-refractivity contribution in [1.82, 2.24) is 0 Å². The standard InChI is InChI=1S/C14H21BrO/c1-11(4-6-15)5-7-16-14-9-12(2)8-13(3)10-14/h8-11H,4-7H2,1-3H3. The SMILES string of the molecule is Cc1cc(C)cc(OCCC(C)CCBr)c1. The molecule has 0 heterocycles. The van der Waals surface area contributed by atoms with E-state index in [2.05, 4.69) is 54.9 Å². The highest BCUT2D eigenvalue weighted by molar-refractivity contribution is 9.09. The van der Waals surface area contributed by atoms with E-state index in [9.17, 15) is 0 Å². The fourth-order valence-electron chi connectivity index (χ4n) is 1.72. The monoisotopic (exact) mass is 284 g/mol. The lowest BCUT2D eigenvalue weighted by Gasteiger charge is -2.11. The molecule has 0 aliphatic rings. The minimum atomic E-state index is 0.727. The first-order chi connectivity index (χ1) is 7.61. The van der Waals surface area contributed by atoms with Crippen molar-refractivity contribution in [2.75, 3.05) is 11.9 Å². The molecule has 0 spiro atoms. The normalized spacial score (nSPS) is 12.5. The average molecular weight is 285 g/mol. The molecule has 0 aliphatic carbocycles. The zero-order valence-electron chi connectivity index (χ0n) is 10.4. The topological polar surface area (TPSA) is 9.23 Å². The smallest absolute Gasteiger partial charge is 0.119 e. The molecule has 0 bridgehead atoms. The maximum atomic E-state index is 5.77. The van der Waals surface area contributed by atoms with Crippen molar-refractivity contribution < 1.29 is 4.74 Å². The molecule has 0 fully saturated rings. The Kier molecular flexibility index (Phi) is 5.89. The first-order valence-corrected chi connectivity index (χ1v) is 7.01. The van der Waals surface area contributed by atoms with Crippen LogP contribution in [-0.4, -0.2) is 11.9 Å². The second kappa shape index (κ2) is 6.95. The van der Waals surface area contributed by atoms with Gasteiger partial charge in [0.15, 0.2) is 0 Å². The van der Waals surface area contributed by atoms with E-state index in [1.807, 2.05) is 0 Å². The summed E-state index contributed by atoms with van der Waals surface area (Å²) in [6, 6.07) is 6.37. The third kappa shape index (κ3) is 5.02. The molecule has 0 aliphatic heterocycles. The molecule has 0 saturated heterocycles. The third-order valence-electron chi connectivity index (χ3n) is 2.68. The second-order valence-corrected chi connectivity index (χ2v) is 5.34. The molecule has 0 radical (unpaired) electrons. The van der Waals surface area contributed by atoms with Gasteiger partial charge in [0, 0.05) is 5.33 Å². The Labute approximate surface area is 107 Å². The molecule has 2 heteroatoms. The van der Waals surface area contributed by atoms with Crippen molar-refractivity contribution in [1.29, 1.82) is 0 Å². The Morgan fingerprint density at radius 1 is 1.12 bits per heavy atom. The van der Waals surface area contributed by atoms with Gasteiger partial charge in [-0.1, -0.05) is 28.9 Å². The molecule has 1 rings (SSSR count). The van der Waals surface area contributed by atoms with Crippen LogP contribution in [0.3, 0.4) is 0 Å². The Balaban J connectivity index is 2.37. The van der Waals surface area contributed by atoms with Crippen LogP contribution in [0.15, 0.2) is 18.2 Å². The quantitative estimate of drug-likeness (QED) is 0.699. The number of alkyl halides is 1. The first-order valence-electron chi connectivity index (χ1n) is 5.89. The van der Waals surface area contributed by atoms with Gasteiger partial charge in [-0.25, -0.2) is 0 Å². The van der Waals surface area contributed by atoms with E-state index in [0.717, 1.165) is 30.0 Å². The highest BCUT2D eigenvalue weighted by Crippen LogP contribution is 2.17. The van der Waals surface area contributed by atoms with Crippen molar-refractivity contribution in [2.45, 2.75) is 33.6 Å². The van der Waals surface area contributed by atoms with Crippen molar-refractivity contribution >= 4 is 15.9 Å². The van der Waals surface area contributed by atoms with Crippen LogP contribution >= 0.6 is 15.9 Å². The summed E-state index contributed by atoms with van der Waals surface area (Å²) in [5, 5.41) is 1.08. The van der Waals surface area contributed by atoms with Gasteiger partial charge >= 0.3 is 0 Å². The summed E-state index contributed by atoms with van der Waals surface area (Å²) < 4.78 is 5.77. The fourth-order valence-corrected chi connectivity index (χ4v) is 2.51. The Morgan fingerprint density at radius 3 is 2.31 bits per heavy atom. The number of benzene rings is 1. The van der Waals surface area contributed by atoms with Gasteiger partial charge in [-0.2, -0.15) is 0 Å². The summed E-state index contributed by atoms with van der Waals surface area (Å²) >= 11 is 3.47. The van der Waals surface area contributed by atoms with Crippen LogP contribution in [0.2, 0.25) is 0 Å². The first kappa shape index (κ1) is 13.6. The molecule has 1 unspecified atom stereocenters. The van der Waals surface area contributed by atoms with E-state index in [1.54, 1.807) is 0 Å². The molecule has 1 aromatic carbocycles. The predicted molar refractivity (Wildman–Crippen MR) is 73.6 cm³/mol. The van der Waals surface area contributed by atoms with Gasteiger partial charge in [-0.3, -0.25) is 0 Å². The van der Waals surface area contributed by atoms with Crippen molar-refractivity contribution in [3.05, 3.63) is 29.3 Å². The molecular formula is C14H21BrO. The molecule has 0 aromatic heterocycles. The van der Waals surface area contributed by atoms with Gasteiger partial charge in [-0.05, 0) is 55.9 Å². The van der Waals surface area contributed by atoms with Crippen molar-refractivity contribution in [2.24, 2.45) is 5.92 Å². The van der Waals surface area contributed by atoms with Gasteiger partial charge in [0.05, 0.1) is 6.61 Å². The van der Waals surface area contributed by atoms with Crippen molar-refractivity contribution in [3.8, 4) is 5.75 Å². The zero-order valence-corrected chi connectivity index (χ0v) is 12.0. The van der Waals surface area contributed by atoms with Crippen LogP contribution in [0.5, 0.6) is 5.75 Å². The summed E-state index contributed by atoms with van der Waals surface area (Å²) in [6.07, 6.45) is 2.34. The molecular weight excluding hydrogens is 264 g/mol. The van der Waals surface area contributed by atoms with Crippen LogP contribution in [0.1, 0.15) is 30.9 Å². The maximum Gasteiger partial charge on any atom is 0.119 e. The second-order valence-electron chi connectivity index (χ2n) is 4.54. The van der Waals surface area contributed by atoms with E-state index in [0.29, 0.717) is 0 Å². The van der Waals surface area contributed by atoms with E-state index in [-0.39, 0.29) is 0 Å². The fraction of sp³-hybridized carbons (Fsp3) is 0.571. The maximum absolute atomic E-state index is 5.77. The average Bonchev–Trinajstić information content (AvgIpc) is 2.16. The molecule has 0 saturated carbocycles. The third-order valence-corrected chi connectivity index (χ3v) is 3.13. The van der Waals surface area contributed by atoms with Gasteiger partial charge in [0.1, 0.15) is 5.75 Å². The molecule has 90 valence electrons. The largest absolute Gasteiger partial charge is 0.494 e. The zero-order chi connectivity index (χ0) is 12.0. The number of aryl methyl sites for hydroxylation is 2. The van der Waals surface area contributed by atoms with Gasteiger partial charge < -0.3 is 4.74 Å². The Hall–Kier alpha value is -0.500. The molecule has 1 atom stereocenters. The number of hydrogen-bond donors (Lipinski definition) is 0. The van der Waals surface area contributed by atoms with Crippen LogP contribution in [0.25, 0.3) is 0 Å². The number of halogens is 1. The van der Waals surface area contributed by atoms with Crippen LogP contribution in [0.4, 0.5) is 0 Å². The Bertz CT molecular complexity index is 302. The van der Waals surface area contributed by atoms with E-state index >= 15 is 0 Å². The van der Waals surface area contributed by atoms with Crippen LogP contribution in [-0.2, 0) is 0 Å². The summed E-state index contributed by atoms with van der Waals surface area (Å²) in [4.78, 5) is 0. The van der Waals surface area contributed by atoms with Gasteiger partial charge in [0.25, 0.3) is 0 Å². The Morgan fingerprint density at radius 2 is 1.75 bits per heavy atom. The number of ether oxygens (including phenoxy) is 1. The van der Waals surface area contributed by atoms with E-state index in [4.69, 9.17) is 4.74 Å². The summed E-state index contributed by atoms with van der Waals surface area (Å²) in [6.45, 7) is 7.30. The van der Waals surface area contributed by atoms with Gasteiger partial charge in [-0.15, -0.1) is 0 Å². The highest BCUT2D eigenvalue weighted by atomic mass is 79.9. The van der Waals surface area contributed by atoms with Crippen molar-refractivity contribution in [3.63, 3.8) is 0 Å². The van der Waals surface area contributed by atoms with Gasteiger partial charge in [0.2, 0.25) is 0 Å². The van der Waals surface area contributed by atoms with Crippen LogP contribution < -0.4 is 4.74 Å². The lowest BCUT2D eigenvalue weighted by atomic mass is 10.1. The molecule has 0 amide bonds. The molecule has 0 N–H and O–H groups in total. The molecule has 1 nitrogen and oxygen atoms in total. The molecule has 16 heavy (non-hydrogen) atoms. The predicted octanol–water partition coefficient (Wildman–Crippen LogP) is 4.49. The highest BCUT2D eigenvalue weighted by Gasteiger charge is 2.02. The van der Waals surface area contributed by atoms with E-state index in [1.165, 1.54) is 17.5 Å². The summed E-state index contributed by atoms with van der Waals surface area (Å²) in [7, 11) is 0. The lowest BCUT2D eigenvalue weighted by molar-refractivity contribution is 0.282. The molecule has 1 aromatic rings.